The van der Waals surface area contributed by atoms with Crippen LogP contribution in [0.15, 0.2) is 50.7 Å². The molecule has 0 aromatic heterocycles. The van der Waals surface area contributed by atoms with Crippen LogP contribution >= 0.6 is 50.9 Å². The van der Waals surface area contributed by atoms with Crippen LogP contribution in [0.5, 0.6) is 0 Å². The Bertz CT molecular complexity index is 619. The number of hydrogen-bond acceptors (Lipinski definition) is 2. The summed E-state index contributed by atoms with van der Waals surface area (Å²) in [5.41, 5.74) is 1.28. The molecule has 0 heterocycles. The third kappa shape index (κ3) is 5.19. The summed E-state index contributed by atoms with van der Waals surface area (Å²) in [5, 5.41) is 4.61. The van der Waals surface area contributed by atoms with Crippen LogP contribution in [0.1, 0.15) is 18.9 Å². The molecule has 0 spiro atoms. The molecule has 21 heavy (non-hydrogen) atoms. The normalized spacial score (nSPS) is 10.9. The summed E-state index contributed by atoms with van der Waals surface area (Å²) in [6, 6.07) is 12.1. The Balaban J connectivity index is 2.20. The van der Waals surface area contributed by atoms with Crippen molar-refractivity contribution in [3.8, 4) is 0 Å². The Hall–Kier alpha value is -0.190. The molecule has 0 aliphatic carbocycles. The quantitative estimate of drug-likeness (QED) is 0.558. The largest absolute Gasteiger partial charge is 0.313 e. The molecule has 0 unspecified atom stereocenters. The van der Waals surface area contributed by atoms with Gasteiger partial charge in [-0.05, 0) is 48.9 Å². The van der Waals surface area contributed by atoms with E-state index in [2.05, 4.69) is 46.4 Å². The van der Waals surface area contributed by atoms with Crippen LogP contribution < -0.4 is 5.32 Å². The second-order valence-corrected chi connectivity index (χ2v) is 7.45. The summed E-state index contributed by atoms with van der Waals surface area (Å²) in [6.07, 6.45) is 1.13. The summed E-state index contributed by atoms with van der Waals surface area (Å²) < 4.78 is 1.07. The fourth-order valence-electron chi connectivity index (χ4n) is 1.84. The minimum absolute atomic E-state index is 0.583. The van der Waals surface area contributed by atoms with Gasteiger partial charge in [-0.1, -0.05) is 63.9 Å². The summed E-state index contributed by atoms with van der Waals surface area (Å²) in [4.78, 5) is 2.30. The van der Waals surface area contributed by atoms with Crippen molar-refractivity contribution >= 4 is 50.9 Å². The molecular weight excluding hydrogens is 389 g/mol. The molecule has 0 aliphatic heterocycles. The first-order chi connectivity index (χ1) is 10.1. The maximum Gasteiger partial charge on any atom is 0.0603 e. The van der Waals surface area contributed by atoms with Gasteiger partial charge in [-0.3, -0.25) is 0 Å². The van der Waals surface area contributed by atoms with E-state index in [1.54, 1.807) is 11.8 Å². The molecule has 0 atom stereocenters. The minimum Gasteiger partial charge on any atom is -0.313 e. The van der Waals surface area contributed by atoms with Crippen LogP contribution in [0.2, 0.25) is 10.0 Å². The van der Waals surface area contributed by atoms with E-state index in [0.717, 1.165) is 28.9 Å². The maximum absolute atomic E-state index is 6.09. The monoisotopic (exact) mass is 403 g/mol. The molecule has 1 N–H and O–H groups in total. The van der Waals surface area contributed by atoms with E-state index in [9.17, 15) is 0 Å². The predicted molar refractivity (Wildman–Crippen MR) is 96.7 cm³/mol. The second kappa shape index (κ2) is 8.44. The molecular formula is C16H16BrCl2NS. The highest BCUT2D eigenvalue weighted by Gasteiger charge is 2.07. The molecule has 0 amide bonds. The molecule has 0 radical (unpaired) electrons. The second-order valence-electron chi connectivity index (χ2n) is 4.61. The number of benzene rings is 2. The Morgan fingerprint density at radius 1 is 1.10 bits per heavy atom. The first-order valence-electron chi connectivity index (χ1n) is 6.72. The predicted octanol–water partition coefficient (Wildman–Crippen LogP) is 6.41. The van der Waals surface area contributed by atoms with Crippen molar-refractivity contribution in [1.29, 1.82) is 0 Å². The van der Waals surface area contributed by atoms with Crippen molar-refractivity contribution in [2.75, 3.05) is 6.54 Å². The lowest BCUT2D eigenvalue weighted by Gasteiger charge is -2.11. The fourth-order valence-corrected chi connectivity index (χ4v) is 3.74. The van der Waals surface area contributed by atoms with E-state index in [-0.39, 0.29) is 0 Å². The first kappa shape index (κ1) is 17.2. The lowest BCUT2D eigenvalue weighted by Crippen LogP contribution is -2.14. The van der Waals surface area contributed by atoms with E-state index < -0.39 is 0 Å². The maximum atomic E-state index is 6.09. The highest BCUT2D eigenvalue weighted by atomic mass is 79.9. The number of hydrogen-bond donors (Lipinski definition) is 1. The molecule has 0 bridgehead atoms. The molecule has 0 saturated carbocycles. The molecule has 2 aromatic rings. The molecule has 112 valence electrons. The van der Waals surface area contributed by atoms with Crippen molar-refractivity contribution in [2.45, 2.75) is 29.7 Å². The van der Waals surface area contributed by atoms with Crippen LogP contribution in [0, 0.1) is 0 Å². The standard InChI is InChI=1S/C16H16BrCl2NS/c1-2-7-20-10-11-3-4-12(17)8-16(11)21-13-5-6-14(18)15(19)9-13/h3-6,8-9,20H,2,7,10H2,1H3. The van der Waals surface area contributed by atoms with Gasteiger partial charge in [0.25, 0.3) is 0 Å². The van der Waals surface area contributed by atoms with Gasteiger partial charge in [0.1, 0.15) is 0 Å². The summed E-state index contributed by atoms with van der Waals surface area (Å²) >= 11 is 17.3. The van der Waals surface area contributed by atoms with Crippen molar-refractivity contribution in [3.05, 3.63) is 56.5 Å². The lowest BCUT2D eigenvalue weighted by atomic mass is 10.2. The van der Waals surface area contributed by atoms with Gasteiger partial charge < -0.3 is 5.32 Å². The average molecular weight is 405 g/mol. The molecule has 1 nitrogen and oxygen atoms in total. The molecule has 0 aliphatic rings. The van der Waals surface area contributed by atoms with Gasteiger partial charge >= 0.3 is 0 Å². The van der Waals surface area contributed by atoms with Gasteiger partial charge in [0, 0.05) is 20.8 Å². The summed E-state index contributed by atoms with van der Waals surface area (Å²) in [6.45, 7) is 4.05. The molecule has 2 aromatic carbocycles. The van der Waals surface area contributed by atoms with Gasteiger partial charge in [0.05, 0.1) is 10.0 Å². The zero-order valence-electron chi connectivity index (χ0n) is 11.6. The van der Waals surface area contributed by atoms with Crippen molar-refractivity contribution < 1.29 is 0 Å². The molecule has 0 saturated heterocycles. The number of nitrogens with one attached hydrogen (secondary N) is 1. The van der Waals surface area contributed by atoms with Crippen molar-refractivity contribution in [3.63, 3.8) is 0 Å². The molecule has 2 rings (SSSR count). The Kier molecular flexibility index (Phi) is 6.90. The van der Waals surface area contributed by atoms with Crippen molar-refractivity contribution in [2.24, 2.45) is 0 Å². The third-order valence-corrected chi connectivity index (χ3v) is 5.21. The molecule has 0 fully saturated rings. The topological polar surface area (TPSA) is 12.0 Å². The third-order valence-electron chi connectivity index (χ3n) is 2.89. The van der Waals surface area contributed by atoms with Crippen LogP contribution in [0.4, 0.5) is 0 Å². The van der Waals surface area contributed by atoms with Crippen LogP contribution in [-0.2, 0) is 6.54 Å². The zero-order valence-corrected chi connectivity index (χ0v) is 15.5. The first-order valence-corrected chi connectivity index (χ1v) is 9.08. The smallest absolute Gasteiger partial charge is 0.0603 e. The van der Waals surface area contributed by atoms with Crippen molar-refractivity contribution in [1.82, 2.24) is 5.32 Å². The number of rotatable bonds is 6. The summed E-state index contributed by atoms with van der Waals surface area (Å²) in [7, 11) is 0. The lowest BCUT2D eigenvalue weighted by molar-refractivity contribution is 0.669. The van der Waals surface area contributed by atoms with Crippen LogP contribution in [0.3, 0.4) is 0 Å². The Morgan fingerprint density at radius 3 is 2.62 bits per heavy atom. The molecule has 5 heteroatoms. The Morgan fingerprint density at radius 2 is 1.90 bits per heavy atom. The van der Waals surface area contributed by atoms with E-state index in [4.69, 9.17) is 23.2 Å². The van der Waals surface area contributed by atoms with Crippen LogP contribution in [-0.4, -0.2) is 6.54 Å². The highest BCUT2D eigenvalue weighted by molar-refractivity contribution is 9.10. The van der Waals surface area contributed by atoms with Crippen LogP contribution in [0.25, 0.3) is 0 Å². The van der Waals surface area contributed by atoms with Gasteiger partial charge in [-0.2, -0.15) is 0 Å². The van der Waals surface area contributed by atoms with E-state index in [1.807, 2.05) is 18.2 Å². The number of halogens is 3. The average Bonchev–Trinajstić information content (AvgIpc) is 2.45. The van der Waals surface area contributed by atoms with Gasteiger partial charge in [0.15, 0.2) is 0 Å². The Labute approximate surface area is 148 Å². The highest BCUT2D eigenvalue weighted by Crippen LogP contribution is 2.35. The van der Waals surface area contributed by atoms with E-state index >= 15 is 0 Å². The van der Waals surface area contributed by atoms with Gasteiger partial charge in [0.2, 0.25) is 0 Å². The summed E-state index contributed by atoms with van der Waals surface area (Å²) in [5.74, 6) is 0. The minimum atomic E-state index is 0.583. The fraction of sp³-hybridized carbons (Fsp3) is 0.250. The van der Waals surface area contributed by atoms with E-state index in [0.29, 0.717) is 10.0 Å². The zero-order chi connectivity index (χ0) is 15.2. The SMILES string of the molecule is CCCNCc1ccc(Br)cc1Sc1ccc(Cl)c(Cl)c1. The van der Waals surface area contributed by atoms with Gasteiger partial charge in [-0.15, -0.1) is 0 Å². The van der Waals surface area contributed by atoms with E-state index in [1.165, 1.54) is 10.5 Å². The van der Waals surface area contributed by atoms with Gasteiger partial charge in [-0.25, -0.2) is 0 Å².